The number of carbonyl (C=O) groups is 1. The molecule has 1 aromatic rings. The normalized spacial score (nSPS) is 11.4. The number of aromatic nitrogens is 1. The fraction of sp³-hybridized carbons (Fsp3) is 0.706. The average Bonchev–Trinajstić information content (AvgIpc) is 2.97. The van der Waals surface area contributed by atoms with E-state index < -0.39 is 0 Å². The van der Waals surface area contributed by atoms with Crippen LogP contribution in [0.1, 0.15) is 55.8 Å². The van der Waals surface area contributed by atoms with Crippen LogP contribution in [0.4, 0.5) is 0 Å². The number of nitrogens with zero attached hydrogens (tertiary/aromatic N) is 2. The Hall–Kier alpha value is -1.63. The molecule has 0 saturated carbocycles. The van der Waals surface area contributed by atoms with E-state index in [1.165, 1.54) is 4.88 Å². The molecular weight excluding hydrogens is 324 g/mol. The lowest BCUT2D eigenvalue weighted by molar-refractivity contribution is -0.143. The number of esters is 1. The summed E-state index contributed by atoms with van der Waals surface area (Å²) in [4.78, 5) is 21.3. The second-order valence-corrected chi connectivity index (χ2v) is 6.78. The minimum absolute atomic E-state index is 0.0883. The number of unbranched alkanes of at least 4 members (excludes halogenated alkanes) is 3. The molecule has 0 atom stereocenters. The van der Waals surface area contributed by atoms with Gasteiger partial charge in [0.15, 0.2) is 5.96 Å². The quantitative estimate of drug-likeness (QED) is 0.276. The second kappa shape index (κ2) is 12.8. The first-order chi connectivity index (χ1) is 11.7. The fourth-order valence-corrected chi connectivity index (χ4v) is 2.86. The van der Waals surface area contributed by atoms with Gasteiger partial charge in [0.25, 0.3) is 0 Å². The second-order valence-electron chi connectivity index (χ2n) is 5.46. The van der Waals surface area contributed by atoms with Crippen molar-refractivity contribution in [3.8, 4) is 0 Å². The zero-order valence-corrected chi connectivity index (χ0v) is 15.9. The molecule has 0 fully saturated rings. The summed E-state index contributed by atoms with van der Waals surface area (Å²) in [6.07, 6.45) is 6.51. The topological polar surface area (TPSA) is 75.6 Å². The first-order valence-corrected chi connectivity index (χ1v) is 9.56. The zero-order valence-electron chi connectivity index (χ0n) is 15.1. The van der Waals surface area contributed by atoms with E-state index in [1.807, 2.05) is 13.1 Å². The Kier molecular flexibility index (Phi) is 10.8. The maximum absolute atomic E-state index is 11.2. The number of thiazole rings is 1. The van der Waals surface area contributed by atoms with Crippen LogP contribution in [0.3, 0.4) is 0 Å². The van der Waals surface area contributed by atoms with Gasteiger partial charge in [-0.2, -0.15) is 0 Å². The number of aliphatic imine (C=N–C) groups is 1. The third-order valence-corrected chi connectivity index (χ3v) is 4.19. The highest BCUT2D eigenvalue weighted by Crippen LogP contribution is 2.11. The van der Waals surface area contributed by atoms with Gasteiger partial charge in [-0.15, -0.1) is 11.3 Å². The summed E-state index contributed by atoms with van der Waals surface area (Å²) in [6, 6.07) is 0. The van der Waals surface area contributed by atoms with Crippen LogP contribution in [0.15, 0.2) is 11.2 Å². The van der Waals surface area contributed by atoms with Gasteiger partial charge >= 0.3 is 5.97 Å². The maximum atomic E-state index is 11.2. The molecule has 6 nitrogen and oxygen atoms in total. The van der Waals surface area contributed by atoms with Crippen molar-refractivity contribution in [2.45, 2.75) is 59.4 Å². The van der Waals surface area contributed by atoms with E-state index in [0.29, 0.717) is 19.6 Å². The number of hydrogen-bond donors (Lipinski definition) is 2. The SMILES string of the molecule is CCNC(=NCc1ncc(C)s1)NCCCCCCC(=O)OCC. The van der Waals surface area contributed by atoms with Gasteiger partial charge in [-0.3, -0.25) is 4.79 Å². The van der Waals surface area contributed by atoms with Crippen LogP contribution in [0.25, 0.3) is 0 Å². The number of aryl methyl sites for hydroxylation is 1. The molecule has 136 valence electrons. The predicted octanol–water partition coefficient (Wildman–Crippen LogP) is 3.02. The first kappa shape index (κ1) is 20.4. The molecule has 1 heterocycles. The summed E-state index contributed by atoms with van der Waals surface area (Å²) >= 11 is 1.68. The highest BCUT2D eigenvalue weighted by molar-refractivity contribution is 7.11. The number of ether oxygens (including phenoxy) is 1. The van der Waals surface area contributed by atoms with Crippen molar-refractivity contribution in [3.05, 3.63) is 16.1 Å². The molecule has 1 rings (SSSR count). The van der Waals surface area contributed by atoms with Crippen molar-refractivity contribution >= 4 is 23.3 Å². The summed E-state index contributed by atoms with van der Waals surface area (Å²) in [5.41, 5.74) is 0. The van der Waals surface area contributed by atoms with Gasteiger partial charge in [0, 0.05) is 30.6 Å². The van der Waals surface area contributed by atoms with E-state index in [4.69, 9.17) is 4.74 Å². The van der Waals surface area contributed by atoms with Crippen LogP contribution in [-0.4, -0.2) is 36.6 Å². The van der Waals surface area contributed by atoms with E-state index in [1.54, 1.807) is 11.3 Å². The Balaban J connectivity index is 2.16. The standard InChI is InChI=1S/C17H30N4O2S/c1-4-18-17(21-13-15-20-12-14(3)24-15)19-11-9-7-6-8-10-16(22)23-5-2/h12H,4-11,13H2,1-3H3,(H2,18,19,21). The lowest BCUT2D eigenvalue weighted by Crippen LogP contribution is -2.37. The molecule has 7 heteroatoms. The molecule has 0 aliphatic carbocycles. The van der Waals surface area contributed by atoms with Crippen molar-refractivity contribution in [2.75, 3.05) is 19.7 Å². The molecule has 24 heavy (non-hydrogen) atoms. The Morgan fingerprint density at radius 1 is 1.25 bits per heavy atom. The monoisotopic (exact) mass is 354 g/mol. The summed E-state index contributed by atoms with van der Waals surface area (Å²) in [5, 5.41) is 7.62. The lowest BCUT2D eigenvalue weighted by Gasteiger charge is -2.10. The van der Waals surface area contributed by atoms with Gasteiger partial charge in [0.05, 0.1) is 13.2 Å². The summed E-state index contributed by atoms with van der Waals surface area (Å²) in [7, 11) is 0. The van der Waals surface area contributed by atoms with Crippen LogP contribution in [-0.2, 0) is 16.1 Å². The minimum Gasteiger partial charge on any atom is -0.466 e. The van der Waals surface area contributed by atoms with Crippen LogP contribution in [0.5, 0.6) is 0 Å². The van der Waals surface area contributed by atoms with Gasteiger partial charge < -0.3 is 15.4 Å². The zero-order chi connectivity index (χ0) is 17.6. The minimum atomic E-state index is -0.0883. The number of hydrogen-bond acceptors (Lipinski definition) is 5. The van der Waals surface area contributed by atoms with Gasteiger partial charge in [-0.1, -0.05) is 12.8 Å². The van der Waals surface area contributed by atoms with E-state index in [-0.39, 0.29) is 5.97 Å². The summed E-state index contributed by atoms with van der Waals surface area (Å²) in [5.74, 6) is 0.742. The van der Waals surface area contributed by atoms with Crippen LogP contribution < -0.4 is 10.6 Å². The van der Waals surface area contributed by atoms with Crippen molar-refractivity contribution in [1.29, 1.82) is 0 Å². The molecule has 2 N–H and O–H groups in total. The van der Waals surface area contributed by atoms with Crippen LogP contribution in [0, 0.1) is 6.92 Å². The highest BCUT2D eigenvalue weighted by atomic mass is 32.1. The molecule has 1 aromatic heterocycles. The molecule has 0 saturated heterocycles. The van der Waals surface area contributed by atoms with E-state index in [2.05, 4.69) is 34.5 Å². The number of carbonyl (C=O) groups excluding carboxylic acids is 1. The third kappa shape index (κ3) is 9.50. The molecule has 0 aliphatic rings. The number of guanidine groups is 1. The van der Waals surface area contributed by atoms with Crippen molar-refractivity contribution < 1.29 is 9.53 Å². The summed E-state index contributed by atoms with van der Waals surface area (Å²) < 4.78 is 4.91. The van der Waals surface area contributed by atoms with Crippen LogP contribution in [0.2, 0.25) is 0 Å². The molecular formula is C17H30N4O2S. The number of rotatable bonds is 11. The van der Waals surface area contributed by atoms with E-state index in [9.17, 15) is 4.79 Å². The number of nitrogens with one attached hydrogen (secondary N) is 2. The third-order valence-electron chi connectivity index (χ3n) is 3.29. The Labute approximate surface area is 149 Å². The Morgan fingerprint density at radius 3 is 2.71 bits per heavy atom. The lowest BCUT2D eigenvalue weighted by atomic mass is 10.1. The van der Waals surface area contributed by atoms with Crippen LogP contribution >= 0.6 is 11.3 Å². The van der Waals surface area contributed by atoms with Crippen molar-refractivity contribution in [1.82, 2.24) is 15.6 Å². The summed E-state index contributed by atoms with van der Waals surface area (Å²) in [6.45, 7) is 8.73. The fourth-order valence-electron chi connectivity index (χ4n) is 2.15. The van der Waals surface area contributed by atoms with E-state index in [0.717, 1.165) is 49.7 Å². The molecule has 0 radical (unpaired) electrons. The largest absolute Gasteiger partial charge is 0.466 e. The van der Waals surface area contributed by atoms with Gasteiger partial charge in [-0.05, 0) is 33.6 Å². The molecule has 0 unspecified atom stereocenters. The Bertz CT molecular complexity index is 503. The predicted molar refractivity (Wildman–Crippen MR) is 99.4 cm³/mol. The molecule has 0 spiro atoms. The van der Waals surface area contributed by atoms with Gasteiger partial charge in [0.2, 0.25) is 0 Å². The highest BCUT2D eigenvalue weighted by Gasteiger charge is 2.02. The molecule has 0 amide bonds. The van der Waals surface area contributed by atoms with Gasteiger partial charge in [-0.25, -0.2) is 9.98 Å². The maximum Gasteiger partial charge on any atom is 0.305 e. The first-order valence-electron chi connectivity index (χ1n) is 8.74. The van der Waals surface area contributed by atoms with Crippen molar-refractivity contribution in [3.63, 3.8) is 0 Å². The average molecular weight is 355 g/mol. The van der Waals surface area contributed by atoms with E-state index >= 15 is 0 Å². The molecule has 0 bridgehead atoms. The van der Waals surface area contributed by atoms with Crippen molar-refractivity contribution in [2.24, 2.45) is 4.99 Å². The Morgan fingerprint density at radius 2 is 2.04 bits per heavy atom. The molecule has 0 aromatic carbocycles. The smallest absolute Gasteiger partial charge is 0.305 e. The van der Waals surface area contributed by atoms with Gasteiger partial charge in [0.1, 0.15) is 5.01 Å². The molecule has 0 aliphatic heterocycles.